The standard InChI is InChI=1S/C15H12F3N3O2/c16-15(17,18)11-3-5-12(6-4-11)20-13(22)9-21-7-1-2-10(8-21)14(19)23/h1-8H,9H2,(H2-,19,20,22,23)/p+1. The molecule has 0 aliphatic rings. The lowest BCUT2D eigenvalue weighted by Gasteiger charge is -2.08. The Labute approximate surface area is 129 Å². The Kier molecular flexibility index (Phi) is 4.63. The van der Waals surface area contributed by atoms with Crippen LogP contribution in [-0.2, 0) is 17.5 Å². The second kappa shape index (κ2) is 6.47. The van der Waals surface area contributed by atoms with Crippen LogP contribution in [0.5, 0.6) is 0 Å². The molecule has 1 heterocycles. The predicted octanol–water partition coefficient (Wildman–Crippen LogP) is 1.73. The zero-order valence-electron chi connectivity index (χ0n) is 11.8. The van der Waals surface area contributed by atoms with Crippen molar-refractivity contribution in [2.75, 3.05) is 5.32 Å². The third-order valence-corrected chi connectivity index (χ3v) is 2.96. The molecular weight excluding hydrogens is 311 g/mol. The summed E-state index contributed by atoms with van der Waals surface area (Å²) in [5, 5.41) is 2.47. The Morgan fingerprint density at radius 2 is 1.78 bits per heavy atom. The molecule has 120 valence electrons. The quantitative estimate of drug-likeness (QED) is 0.841. The van der Waals surface area contributed by atoms with Crippen molar-refractivity contribution in [3.05, 3.63) is 59.9 Å². The fourth-order valence-corrected chi connectivity index (χ4v) is 1.87. The summed E-state index contributed by atoms with van der Waals surface area (Å²) in [6.07, 6.45) is -1.44. The molecule has 23 heavy (non-hydrogen) atoms. The highest BCUT2D eigenvalue weighted by Crippen LogP contribution is 2.29. The van der Waals surface area contributed by atoms with Crippen LogP contribution in [0, 0.1) is 0 Å². The van der Waals surface area contributed by atoms with Gasteiger partial charge in [-0.15, -0.1) is 0 Å². The van der Waals surface area contributed by atoms with E-state index in [0.717, 1.165) is 12.1 Å². The average Bonchev–Trinajstić information content (AvgIpc) is 2.47. The van der Waals surface area contributed by atoms with E-state index >= 15 is 0 Å². The first-order chi connectivity index (χ1) is 10.8. The first-order valence-corrected chi connectivity index (χ1v) is 6.52. The van der Waals surface area contributed by atoms with Gasteiger partial charge in [-0.3, -0.25) is 9.59 Å². The van der Waals surface area contributed by atoms with Gasteiger partial charge in [0.15, 0.2) is 12.4 Å². The first-order valence-electron chi connectivity index (χ1n) is 6.52. The molecule has 3 N–H and O–H groups in total. The van der Waals surface area contributed by atoms with Gasteiger partial charge < -0.3 is 11.1 Å². The molecule has 0 atom stereocenters. The Morgan fingerprint density at radius 1 is 1.13 bits per heavy atom. The van der Waals surface area contributed by atoms with E-state index < -0.39 is 23.6 Å². The summed E-state index contributed by atoms with van der Waals surface area (Å²) in [6, 6.07) is 7.18. The van der Waals surface area contributed by atoms with Gasteiger partial charge in [-0.05, 0) is 30.3 Å². The number of halogens is 3. The number of aromatic nitrogens is 1. The number of anilines is 1. The van der Waals surface area contributed by atoms with Gasteiger partial charge in [-0.25, -0.2) is 0 Å². The molecule has 8 heteroatoms. The summed E-state index contributed by atoms with van der Waals surface area (Å²) in [5.74, 6) is -1.07. The molecule has 0 aliphatic carbocycles. The summed E-state index contributed by atoms with van der Waals surface area (Å²) in [7, 11) is 0. The highest BCUT2D eigenvalue weighted by atomic mass is 19.4. The van der Waals surface area contributed by atoms with Crippen molar-refractivity contribution in [2.45, 2.75) is 12.7 Å². The Morgan fingerprint density at radius 3 is 2.35 bits per heavy atom. The van der Waals surface area contributed by atoms with E-state index in [2.05, 4.69) is 5.32 Å². The van der Waals surface area contributed by atoms with Crippen molar-refractivity contribution in [3.8, 4) is 0 Å². The summed E-state index contributed by atoms with van der Waals surface area (Å²) < 4.78 is 38.8. The van der Waals surface area contributed by atoms with Crippen LogP contribution in [0.15, 0.2) is 48.8 Å². The van der Waals surface area contributed by atoms with Crippen LogP contribution < -0.4 is 15.6 Å². The number of carbonyl (C=O) groups excluding carboxylic acids is 2. The number of alkyl halides is 3. The molecule has 2 amide bonds. The van der Waals surface area contributed by atoms with E-state index in [0.29, 0.717) is 0 Å². The molecule has 0 spiro atoms. The molecule has 0 saturated carbocycles. The molecule has 0 aliphatic heterocycles. The van der Waals surface area contributed by atoms with Crippen molar-refractivity contribution >= 4 is 17.5 Å². The number of rotatable bonds is 4. The fourth-order valence-electron chi connectivity index (χ4n) is 1.87. The van der Waals surface area contributed by atoms with Crippen molar-refractivity contribution in [1.29, 1.82) is 0 Å². The molecule has 0 saturated heterocycles. The number of benzene rings is 1. The van der Waals surface area contributed by atoms with Crippen LogP contribution in [0.4, 0.5) is 18.9 Å². The maximum absolute atomic E-state index is 12.4. The molecule has 0 radical (unpaired) electrons. The summed E-state index contributed by atoms with van der Waals surface area (Å²) >= 11 is 0. The number of hydrogen-bond donors (Lipinski definition) is 2. The SMILES string of the molecule is NC(=O)c1ccc[n+](CC(=O)Nc2ccc(C(F)(F)F)cc2)c1. The monoisotopic (exact) mass is 324 g/mol. The number of nitrogens with two attached hydrogens (primary N) is 1. The molecule has 0 unspecified atom stereocenters. The number of pyridine rings is 1. The zero-order chi connectivity index (χ0) is 17.0. The maximum atomic E-state index is 12.4. The number of nitrogens with one attached hydrogen (secondary N) is 1. The van der Waals surface area contributed by atoms with Crippen LogP contribution in [0.2, 0.25) is 0 Å². The van der Waals surface area contributed by atoms with E-state index in [4.69, 9.17) is 5.73 Å². The second-order valence-electron chi connectivity index (χ2n) is 4.75. The zero-order valence-corrected chi connectivity index (χ0v) is 11.8. The number of amides is 2. The predicted molar refractivity (Wildman–Crippen MR) is 75.2 cm³/mol. The van der Waals surface area contributed by atoms with Crippen LogP contribution in [0.25, 0.3) is 0 Å². The number of hydrogen-bond acceptors (Lipinski definition) is 2. The third kappa shape index (κ3) is 4.53. The van der Waals surface area contributed by atoms with Crippen molar-refractivity contribution in [1.82, 2.24) is 0 Å². The summed E-state index contributed by atoms with van der Waals surface area (Å²) in [4.78, 5) is 22.9. The molecule has 1 aromatic carbocycles. The second-order valence-corrected chi connectivity index (χ2v) is 4.75. The van der Waals surface area contributed by atoms with Gasteiger partial charge in [-0.1, -0.05) is 0 Å². The van der Waals surface area contributed by atoms with Gasteiger partial charge in [0.25, 0.3) is 11.8 Å². The van der Waals surface area contributed by atoms with Crippen molar-refractivity contribution in [3.63, 3.8) is 0 Å². The topological polar surface area (TPSA) is 76.1 Å². The maximum Gasteiger partial charge on any atom is 0.416 e. The van der Waals surface area contributed by atoms with Gasteiger partial charge in [0.2, 0.25) is 6.54 Å². The number of primary amides is 1. The Balaban J connectivity index is 2.02. The molecule has 1 aromatic heterocycles. The van der Waals surface area contributed by atoms with E-state index in [1.807, 2.05) is 0 Å². The molecule has 0 bridgehead atoms. The molecule has 5 nitrogen and oxygen atoms in total. The van der Waals surface area contributed by atoms with Crippen molar-refractivity contribution in [2.24, 2.45) is 5.73 Å². The Bertz CT molecular complexity index is 727. The minimum absolute atomic E-state index is 0.109. The summed E-state index contributed by atoms with van der Waals surface area (Å²) in [6.45, 7) is -0.109. The average molecular weight is 324 g/mol. The van der Waals surface area contributed by atoms with Gasteiger partial charge in [-0.2, -0.15) is 17.7 Å². The lowest BCUT2D eigenvalue weighted by Crippen LogP contribution is -2.40. The minimum Gasteiger partial charge on any atom is -0.365 e. The van der Waals surface area contributed by atoms with Crippen LogP contribution in [-0.4, -0.2) is 11.8 Å². The van der Waals surface area contributed by atoms with Crippen LogP contribution in [0.3, 0.4) is 0 Å². The van der Waals surface area contributed by atoms with Gasteiger partial charge in [0.1, 0.15) is 5.56 Å². The number of carbonyl (C=O) groups is 2. The van der Waals surface area contributed by atoms with E-state index in [1.165, 1.54) is 29.0 Å². The number of nitrogens with zero attached hydrogens (tertiary/aromatic N) is 1. The van der Waals surface area contributed by atoms with Crippen molar-refractivity contribution < 1.29 is 27.3 Å². The first kappa shape index (κ1) is 16.5. The van der Waals surface area contributed by atoms with E-state index in [-0.39, 0.29) is 17.8 Å². The van der Waals surface area contributed by atoms with Gasteiger partial charge >= 0.3 is 6.18 Å². The van der Waals surface area contributed by atoms with Gasteiger partial charge in [0.05, 0.1) is 5.56 Å². The van der Waals surface area contributed by atoms with Crippen LogP contribution in [0.1, 0.15) is 15.9 Å². The lowest BCUT2D eigenvalue weighted by atomic mass is 10.2. The Hall–Kier alpha value is -2.90. The summed E-state index contributed by atoms with van der Waals surface area (Å²) in [5.41, 5.74) is 4.84. The highest BCUT2D eigenvalue weighted by molar-refractivity contribution is 5.92. The third-order valence-electron chi connectivity index (χ3n) is 2.96. The fraction of sp³-hybridized carbons (Fsp3) is 0.133. The minimum atomic E-state index is -4.42. The normalized spacial score (nSPS) is 11.1. The molecule has 0 fully saturated rings. The largest absolute Gasteiger partial charge is 0.416 e. The van der Waals surface area contributed by atoms with Crippen LogP contribution >= 0.6 is 0 Å². The molecule has 2 rings (SSSR count). The molecule has 2 aromatic rings. The molecular formula is C15H13F3N3O2+. The smallest absolute Gasteiger partial charge is 0.365 e. The van der Waals surface area contributed by atoms with Gasteiger partial charge in [0, 0.05) is 11.8 Å². The lowest BCUT2D eigenvalue weighted by molar-refractivity contribution is -0.684. The highest BCUT2D eigenvalue weighted by Gasteiger charge is 2.30. The van der Waals surface area contributed by atoms with E-state index in [9.17, 15) is 22.8 Å². The van der Waals surface area contributed by atoms with E-state index in [1.54, 1.807) is 12.3 Å².